The van der Waals surface area contributed by atoms with E-state index in [-0.39, 0.29) is 5.75 Å². The summed E-state index contributed by atoms with van der Waals surface area (Å²) in [4.78, 5) is 0. The molecule has 0 N–H and O–H groups in total. The molecular formula is C11H12BrNO2S. The third-order valence-electron chi connectivity index (χ3n) is 2.44. The van der Waals surface area contributed by atoms with Gasteiger partial charge in [-0.2, -0.15) is 0 Å². The highest BCUT2D eigenvalue weighted by molar-refractivity contribution is 9.10. The maximum atomic E-state index is 11.1. The summed E-state index contributed by atoms with van der Waals surface area (Å²) in [6.45, 7) is 0.504. The van der Waals surface area contributed by atoms with Crippen molar-refractivity contribution in [1.82, 2.24) is 4.57 Å². The Kier molecular flexibility index (Phi) is 3.08. The highest BCUT2D eigenvalue weighted by Gasteiger charge is 2.05. The average molecular weight is 302 g/mol. The maximum Gasteiger partial charge on any atom is 0.149 e. The molecule has 0 aliphatic carbocycles. The van der Waals surface area contributed by atoms with E-state index in [2.05, 4.69) is 15.9 Å². The molecule has 0 aliphatic heterocycles. The minimum absolute atomic E-state index is 0.173. The van der Waals surface area contributed by atoms with Crippen LogP contribution in [0.3, 0.4) is 0 Å². The van der Waals surface area contributed by atoms with Crippen molar-refractivity contribution >= 4 is 36.7 Å². The molecule has 0 atom stereocenters. The molecule has 3 nitrogen and oxygen atoms in total. The topological polar surface area (TPSA) is 39.1 Å². The zero-order valence-electron chi connectivity index (χ0n) is 8.85. The summed E-state index contributed by atoms with van der Waals surface area (Å²) >= 11 is 3.41. The van der Waals surface area contributed by atoms with Crippen LogP contribution >= 0.6 is 15.9 Å². The molecule has 0 amide bonds. The van der Waals surface area contributed by atoms with E-state index in [0.717, 1.165) is 15.4 Å². The van der Waals surface area contributed by atoms with Gasteiger partial charge in [0, 0.05) is 34.4 Å². The van der Waals surface area contributed by atoms with Crippen LogP contribution in [-0.2, 0) is 16.4 Å². The van der Waals surface area contributed by atoms with Gasteiger partial charge < -0.3 is 4.57 Å². The van der Waals surface area contributed by atoms with Gasteiger partial charge in [0.15, 0.2) is 0 Å². The molecule has 0 spiro atoms. The number of sulfone groups is 1. The minimum atomic E-state index is -2.91. The molecule has 1 heterocycles. The number of fused-ring (bicyclic) bond motifs is 1. The van der Waals surface area contributed by atoms with Crippen molar-refractivity contribution in [1.29, 1.82) is 0 Å². The Morgan fingerprint density at radius 1 is 1.31 bits per heavy atom. The van der Waals surface area contributed by atoms with Gasteiger partial charge in [-0.3, -0.25) is 0 Å². The van der Waals surface area contributed by atoms with Gasteiger partial charge in [-0.25, -0.2) is 8.42 Å². The van der Waals surface area contributed by atoms with E-state index in [9.17, 15) is 8.42 Å². The number of rotatable bonds is 3. The summed E-state index contributed by atoms with van der Waals surface area (Å²) in [5.41, 5.74) is 1.06. The monoisotopic (exact) mass is 301 g/mol. The van der Waals surface area contributed by atoms with Gasteiger partial charge in [-0.05, 0) is 24.3 Å². The van der Waals surface area contributed by atoms with E-state index in [1.165, 1.54) is 6.26 Å². The molecule has 0 radical (unpaired) electrons. The maximum absolute atomic E-state index is 11.1. The van der Waals surface area contributed by atoms with Crippen LogP contribution in [0.4, 0.5) is 0 Å². The van der Waals surface area contributed by atoms with Gasteiger partial charge in [0.1, 0.15) is 9.84 Å². The van der Waals surface area contributed by atoms with Gasteiger partial charge in [-0.1, -0.05) is 15.9 Å². The van der Waals surface area contributed by atoms with Crippen molar-refractivity contribution in [2.75, 3.05) is 12.0 Å². The predicted octanol–water partition coefficient (Wildman–Crippen LogP) is 2.45. The molecule has 0 saturated carbocycles. The molecular weight excluding hydrogens is 290 g/mol. The lowest BCUT2D eigenvalue weighted by atomic mass is 10.2. The Morgan fingerprint density at radius 2 is 2.06 bits per heavy atom. The third kappa shape index (κ3) is 2.65. The molecule has 86 valence electrons. The Morgan fingerprint density at radius 3 is 2.75 bits per heavy atom. The summed E-state index contributed by atoms with van der Waals surface area (Å²) in [5, 5.41) is 1.11. The quantitative estimate of drug-likeness (QED) is 0.873. The van der Waals surface area contributed by atoms with Crippen molar-refractivity contribution < 1.29 is 8.42 Å². The second-order valence-electron chi connectivity index (χ2n) is 3.84. The summed E-state index contributed by atoms with van der Waals surface area (Å²) < 4.78 is 25.2. The number of aromatic nitrogens is 1. The number of benzene rings is 1. The van der Waals surface area contributed by atoms with Crippen molar-refractivity contribution in [3.63, 3.8) is 0 Å². The predicted molar refractivity (Wildman–Crippen MR) is 69.3 cm³/mol. The van der Waals surface area contributed by atoms with Crippen LogP contribution in [0, 0.1) is 0 Å². The summed E-state index contributed by atoms with van der Waals surface area (Å²) in [5.74, 6) is 0.173. The van der Waals surface area contributed by atoms with E-state index in [0.29, 0.717) is 6.54 Å². The summed E-state index contributed by atoms with van der Waals surface area (Å²) in [6.07, 6.45) is 3.18. The van der Waals surface area contributed by atoms with Crippen molar-refractivity contribution in [2.45, 2.75) is 6.54 Å². The van der Waals surface area contributed by atoms with Crippen LogP contribution < -0.4 is 0 Å². The molecule has 0 fully saturated rings. The molecule has 2 aromatic rings. The van der Waals surface area contributed by atoms with Gasteiger partial charge in [0.25, 0.3) is 0 Å². The minimum Gasteiger partial charge on any atom is -0.346 e. The first-order valence-electron chi connectivity index (χ1n) is 4.88. The fourth-order valence-corrected chi connectivity index (χ4v) is 2.54. The van der Waals surface area contributed by atoms with Crippen LogP contribution in [0.15, 0.2) is 34.9 Å². The van der Waals surface area contributed by atoms with Crippen LogP contribution in [0.25, 0.3) is 10.9 Å². The zero-order valence-corrected chi connectivity index (χ0v) is 11.3. The van der Waals surface area contributed by atoms with E-state index < -0.39 is 9.84 Å². The van der Waals surface area contributed by atoms with Crippen molar-refractivity contribution in [3.05, 3.63) is 34.9 Å². The summed E-state index contributed by atoms with van der Waals surface area (Å²) in [7, 11) is -2.91. The molecule has 16 heavy (non-hydrogen) atoms. The second kappa shape index (κ2) is 4.22. The first kappa shape index (κ1) is 11.7. The van der Waals surface area contributed by atoms with E-state index in [1.807, 2.05) is 35.0 Å². The number of nitrogens with zero attached hydrogens (tertiary/aromatic N) is 1. The zero-order chi connectivity index (χ0) is 11.8. The van der Waals surface area contributed by atoms with E-state index >= 15 is 0 Å². The van der Waals surface area contributed by atoms with Gasteiger partial charge in [0.2, 0.25) is 0 Å². The smallest absolute Gasteiger partial charge is 0.149 e. The average Bonchev–Trinajstić information content (AvgIpc) is 2.56. The number of halogens is 1. The Labute approximate surface area is 103 Å². The van der Waals surface area contributed by atoms with E-state index in [4.69, 9.17) is 0 Å². The molecule has 0 bridgehead atoms. The highest BCUT2D eigenvalue weighted by Crippen LogP contribution is 2.20. The Balaban J connectivity index is 2.32. The largest absolute Gasteiger partial charge is 0.346 e. The Hall–Kier alpha value is -0.810. The van der Waals surface area contributed by atoms with Crippen molar-refractivity contribution in [3.8, 4) is 0 Å². The third-order valence-corrected chi connectivity index (χ3v) is 3.85. The lowest BCUT2D eigenvalue weighted by molar-refractivity contribution is 0.596. The normalized spacial score (nSPS) is 12.1. The molecule has 1 aromatic carbocycles. The first-order chi connectivity index (χ1) is 7.46. The lowest BCUT2D eigenvalue weighted by Crippen LogP contribution is -2.10. The number of hydrogen-bond donors (Lipinski definition) is 0. The van der Waals surface area contributed by atoms with Crippen molar-refractivity contribution in [2.24, 2.45) is 0 Å². The number of hydrogen-bond acceptors (Lipinski definition) is 2. The van der Waals surface area contributed by atoms with Crippen LogP contribution in [-0.4, -0.2) is 25.0 Å². The fourth-order valence-electron chi connectivity index (χ4n) is 1.63. The SMILES string of the molecule is CS(=O)(=O)CCn1ccc2cc(Br)ccc21. The second-order valence-corrected chi connectivity index (χ2v) is 7.02. The molecule has 1 aromatic heterocycles. The van der Waals surface area contributed by atoms with E-state index in [1.54, 1.807) is 0 Å². The Bertz CT molecular complexity index is 616. The molecule has 5 heteroatoms. The van der Waals surface area contributed by atoms with Gasteiger partial charge in [0.05, 0.1) is 5.75 Å². The summed E-state index contributed by atoms with van der Waals surface area (Å²) in [6, 6.07) is 7.95. The lowest BCUT2D eigenvalue weighted by Gasteiger charge is -2.04. The number of aryl methyl sites for hydroxylation is 1. The van der Waals surface area contributed by atoms with Gasteiger partial charge >= 0.3 is 0 Å². The molecule has 0 saturated heterocycles. The molecule has 0 aliphatic rings. The standard InChI is InChI=1S/C11H12BrNO2S/c1-16(14,15)7-6-13-5-4-9-8-10(12)2-3-11(9)13/h2-5,8H,6-7H2,1H3. The molecule has 0 unspecified atom stereocenters. The van der Waals surface area contributed by atoms with Crippen LogP contribution in [0.5, 0.6) is 0 Å². The highest BCUT2D eigenvalue weighted by atomic mass is 79.9. The van der Waals surface area contributed by atoms with Crippen LogP contribution in [0.1, 0.15) is 0 Å². The van der Waals surface area contributed by atoms with Crippen LogP contribution in [0.2, 0.25) is 0 Å². The first-order valence-corrected chi connectivity index (χ1v) is 7.73. The fraction of sp³-hybridized carbons (Fsp3) is 0.273. The molecule has 2 rings (SSSR count). The van der Waals surface area contributed by atoms with Gasteiger partial charge in [-0.15, -0.1) is 0 Å².